The summed E-state index contributed by atoms with van der Waals surface area (Å²) in [6, 6.07) is 0. The van der Waals surface area contributed by atoms with Gasteiger partial charge in [0.15, 0.2) is 0 Å². The molecular weight excluding hydrogens is 342 g/mol. The van der Waals surface area contributed by atoms with Gasteiger partial charge in [-0.05, 0) is 32.1 Å². The molecule has 0 fully saturated rings. The Hall–Kier alpha value is -0.460. The molecule has 0 saturated carbocycles. The average Bonchev–Trinajstić information content (AvgIpc) is 2.64. The van der Waals surface area contributed by atoms with Crippen LogP contribution in [0.1, 0.15) is 96.8 Å². The molecule has 27 heavy (non-hydrogen) atoms. The second kappa shape index (κ2) is 20.3. The molecule has 0 atom stereocenters. The molecule has 2 N–H and O–H groups in total. The lowest BCUT2D eigenvalue weighted by molar-refractivity contribution is -1.07. The lowest BCUT2D eigenvalue weighted by atomic mass is 10.1. The molecular formula is C22H45NO4. The third-order valence-electron chi connectivity index (χ3n) is 4.86. The van der Waals surface area contributed by atoms with Crippen molar-refractivity contribution in [2.45, 2.75) is 96.8 Å². The van der Waals surface area contributed by atoms with Crippen LogP contribution in [0.25, 0.3) is 0 Å². The molecule has 0 bridgehead atoms. The van der Waals surface area contributed by atoms with Gasteiger partial charge in [0, 0.05) is 0 Å². The van der Waals surface area contributed by atoms with Crippen molar-refractivity contribution in [3.8, 4) is 0 Å². The van der Waals surface area contributed by atoms with Crippen molar-refractivity contribution in [2.75, 3.05) is 32.9 Å². The first-order valence-corrected chi connectivity index (χ1v) is 11.3. The number of allylic oxidation sites excluding steroid dienone is 2. The zero-order chi connectivity index (χ0) is 20.1. The molecule has 5 nitrogen and oxygen atoms in total. The number of quaternary nitrogens is 1. The minimum absolute atomic E-state index is 0.0209. The van der Waals surface area contributed by atoms with E-state index < -0.39 is 4.81 Å². The Kier molecular flexibility index (Phi) is 19.9. The molecule has 0 rings (SSSR count). The van der Waals surface area contributed by atoms with E-state index in [2.05, 4.69) is 19.1 Å². The van der Waals surface area contributed by atoms with Crippen LogP contribution >= 0.6 is 0 Å². The molecule has 0 heterocycles. The Balaban J connectivity index is 3.34. The minimum atomic E-state index is -0.946. The highest BCUT2D eigenvalue weighted by molar-refractivity contribution is 4.81. The summed E-state index contributed by atoms with van der Waals surface area (Å²) >= 11 is 0. The number of hydroxylamine groups is 4. The quantitative estimate of drug-likeness (QED) is 0.122. The number of unbranched alkanes of at least 4 members (excludes halogenated alkanes) is 12. The predicted molar refractivity (Wildman–Crippen MR) is 113 cm³/mol. The van der Waals surface area contributed by atoms with Gasteiger partial charge in [-0.15, -0.1) is 0 Å². The highest BCUT2D eigenvalue weighted by atomic mass is 16.9. The van der Waals surface area contributed by atoms with E-state index in [0.717, 1.165) is 12.8 Å². The molecule has 0 saturated heterocycles. The Morgan fingerprint density at radius 1 is 0.704 bits per heavy atom. The lowest BCUT2D eigenvalue weighted by Gasteiger charge is -2.37. The van der Waals surface area contributed by atoms with Crippen molar-refractivity contribution < 1.29 is 19.9 Å². The smallest absolute Gasteiger partial charge is 0.132 e. The van der Waals surface area contributed by atoms with Crippen LogP contribution in [0.5, 0.6) is 0 Å². The van der Waals surface area contributed by atoms with Gasteiger partial charge in [-0.3, -0.25) is 0 Å². The molecule has 0 spiro atoms. The summed E-state index contributed by atoms with van der Waals surface area (Å²) in [5.41, 5.74) is 0. The van der Waals surface area contributed by atoms with Gasteiger partial charge in [0.25, 0.3) is 0 Å². The summed E-state index contributed by atoms with van der Waals surface area (Å²) in [6.45, 7) is 2.16. The van der Waals surface area contributed by atoms with E-state index >= 15 is 0 Å². The largest absolute Gasteiger partial charge is 0.598 e. The van der Waals surface area contributed by atoms with Crippen molar-refractivity contribution >= 4 is 0 Å². The summed E-state index contributed by atoms with van der Waals surface area (Å²) in [4.78, 5) is 4.34. The van der Waals surface area contributed by atoms with E-state index in [4.69, 9.17) is 15.1 Å². The first-order chi connectivity index (χ1) is 13.2. The molecule has 0 aromatic heterocycles. The van der Waals surface area contributed by atoms with Gasteiger partial charge in [-0.2, -0.15) is 0 Å². The third kappa shape index (κ3) is 18.7. The zero-order valence-electron chi connectivity index (χ0n) is 17.7. The van der Waals surface area contributed by atoms with Crippen molar-refractivity contribution in [2.24, 2.45) is 0 Å². The van der Waals surface area contributed by atoms with Gasteiger partial charge in [0.2, 0.25) is 0 Å². The topological polar surface area (TPSA) is 72.8 Å². The van der Waals surface area contributed by atoms with Crippen molar-refractivity contribution in [3.05, 3.63) is 17.4 Å². The third-order valence-corrected chi connectivity index (χ3v) is 4.86. The molecule has 5 heteroatoms. The molecule has 0 radical (unpaired) electrons. The molecule has 0 aliphatic rings. The Bertz CT molecular complexity index is 317. The average molecular weight is 388 g/mol. The summed E-state index contributed by atoms with van der Waals surface area (Å²) in [6.07, 6.45) is 22.2. The van der Waals surface area contributed by atoms with Crippen LogP contribution in [-0.4, -0.2) is 47.9 Å². The van der Waals surface area contributed by atoms with Gasteiger partial charge in [0.1, 0.15) is 19.7 Å². The first kappa shape index (κ1) is 26.5. The first-order valence-electron chi connectivity index (χ1n) is 11.3. The number of hydrogen-bond acceptors (Lipinski definition) is 4. The predicted octanol–water partition coefficient (Wildman–Crippen LogP) is 5.25. The maximum Gasteiger partial charge on any atom is 0.132 e. The molecule has 0 amide bonds. The SMILES string of the molecule is CCCCCCCC/C=C\CCCCCCCCO[N+]([O-])(CCO)CCO. The van der Waals surface area contributed by atoms with Crippen LogP contribution in [-0.2, 0) is 4.84 Å². The standard InChI is InChI=1S/C22H45NO4/c1-2-3-4-5-6-7-8-9-10-11-12-13-14-15-16-17-22-27-23(26,18-20-24)19-21-25/h9-10,24-25H,2-8,11-22H2,1H3/b10-9-. The number of rotatable bonds is 21. The van der Waals surface area contributed by atoms with Crippen molar-refractivity contribution in [1.82, 2.24) is 0 Å². The highest BCUT2D eigenvalue weighted by Crippen LogP contribution is 2.11. The molecule has 0 aliphatic heterocycles. The number of aliphatic hydroxyl groups is 2. The Morgan fingerprint density at radius 3 is 1.63 bits per heavy atom. The van der Waals surface area contributed by atoms with Crippen LogP contribution in [0, 0.1) is 5.21 Å². The lowest BCUT2D eigenvalue weighted by Crippen LogP contribution is -2.46. The summed E-state index contributed by atoms with van der Waals surface area (Å²) in [5.74, 6) is 0. The summed E-state index contributed by atoms with van der Waals surface area (Å²) in [7, 11) is 0. The van der Waals surface area contributed by atoms with Gasteiger partial charge in [0.05, 0.1) is 13.2 Å². The summed E-state index contributed by atoms with van der Waals surface area (Å²) in [5, 5.41) is 29.8. The van der Waals surface area contributed by atoms with Crippen LogP contribution in [0.15, 0.2) is 12.2 Å². The Labute approximate surface area is 167 Å². The molecule has 0 unspecified atom stereocenters. The zero-order valence-corrected chi connectivity index (χ0v) is 17.7. The van der Waals surface area contributed by atoms with E-state index in [1.54, 1.807) is 0 Å². The van der Waals surface area contributed by atoms with Gasteiger partial charge >= 0.3 is 0 Å². The number of nitrogens with zero attached hydrogens (tertiary/aromatic N) is 1. The normalized spacial score (nSPS) is 12.3. The Morgan fingerprint density at radius 2 is 1.15 bits per heavy atom. The van der Waals surface area contributed by atoms with E-state index in [-0.39, 0.29) is 26.3 Å². The van der Waals surface area contributed by atoms with Gasteiger partial charge in [-0.1, -0.05) is 76.9 Å². The fourth-order valence-electron chi connectivity index (χ4n) is 3.13. The minimum Gasteiger partial charge on any atom is -0.598 e. The second-order valence-corrected chi connectivity index (χ2v) is 7.48. The van der Waals surface area contributed by atoms with E-state index in [0.29, 0.717) is 6.61 Å². The highest BCUT2D eigenvalue weighted by Gasteiger charge is 2.17. The molecule has 0 aromatic carbocycles. The van der Waals surface area contributed by atoms with Gasteiger partial charge in [-0.25, -0.2) is 9.65 Å². The van der Waals surface area contributed by atoms with Crippen LogP contribution in [0.3, 0.4) is 0 Å². The fourth-order valence-corrected chi connectivity index (χ4v) is 3.13. The van der Waals surface area contributed by atoms with Crippen LogP contribution < -0.4 is 0 Å². The number of aliphatic hydroxyl groups excluding tert-OH is 2. The van der Waals surface area contributed by atoms with Crippen molar-refractivity contribution in [1.29, 1.82) is 0 Å². The maximum absolute atomic E-state index is 12.1. The van der Waals surface area contributed by atoms with Crippen molar-refractivity contribution in [3.63, 3.8) is 0 Å². The maximum atomic E-state index is 12.1. The monoisotopic (exact) mass is 387 g/mol. The van der Waals surface area contributed by atoms with Crippen LogP contribution in [0.2, 0.25) is 0 Å². The molecule has 0 aromatic rings. The van der Waals surface area contributed by atoms with Gasteiger partial charge < -0.3 is 15.4 Å². The van der Waals surface area contributed by atoms with E-state index in [1.165, 1.54) is 77.0 Å². The molecule has 162 valence electrons. The fraction of sp³-hybridized carbons (Fsp3) is 0.909. The van der Waals surface area contributed by atoms with Crippen LogP contribution in [0.4, 0.5) is 0 Å². The second-order valence-electron chi connectivity index (χ2n) is 7.48. The summed E-state index contributed by atoms with van der Waals surface area (Å²) < 4.78 is 0. The van der Waals surface area contributed by atoms with E-state index in [9.17, 15) is 5.21 Å². The number of hydrogen-bond donors (Lipinski definition) is 2. The molecule has 0 aliphatic carbocycles. The van der Waals surface area contributed by atoms with E-state index in [1.807, 2.05) is 0 Å².